The predicted octanol–water partition coefficient (Wildman–Crippen LogP) is 3.29. The summed E-state index contributed by atoms with van der Waals surface area (Å²) in [5, 5.41) is 10.0. The summed E-state index contributed by atoms with van der Waals surface area (Å²) in [6, 6.07) is 5.32. The molecule has 0 fully saturated rings. The van der Waals surface area contributed by atoms with Gasteiger partial charge in [0.15, 0.2) is 0 Å². The molecule has 1 N–H and O–H groups in total. The zero-order valence-electron chi connectivity index (χ0n) is 9.78. The van der Waals surface area contributed by atoms with Crippen LogP contribution in [0.1, 0.15) is 19.4 Å². The Kier molecular flexibility index (Phi) is 5.25. The molecular weight excluding hydrogens is 261 g/mol. The largest absolute Gasteiger partial charge is 0.480 e. The Balaban J connectivity index is 2.85. The lowest BCUT2D eigenvalue weighted by atomic mass is 10.2. The second-order valence-electron chi connectivity index (χ2n) is 4.13. The molecule has 94 valence electrons. The number of hydrogen-bond acceptors (Lipinski definition) is 2. The smallest absolute Gasteiger partial charge is 0.317 e. The number of rotatable bonds is 5. The van der Waals surface area contributed by atoms with E-state index in [9.17, 15) is 4.79 Å². The zero-order valence-corrected chi connectivity index (χ0v) is 11.3. The summed E-state index contributed by atoms with van der Waals surface area (Å²) in [5.74, 6) is -0.850. The highest BCUT2D eigenvalue weighted by molar-refractivity contribution is 6.33. The number of carboxylic acids is 1. The Morgan fingerprint density at radius 3 is 2.59 bits per heavy atom. The number of halogens is 2. The molecular formula is C12H15Cl2NO2. The van der Waals surface area contributed by atoms with E-state index in [0.717, 1.165) is 5.56 Å². The third kappa shape index (κ3) is 4.54. The molecule has 1 aromatic carbocycles. The molecule has 0 aliphatic rings. The van der Waals surface area contributed by atoms with Crippen LogP contribution in [-0.4, -0.2) is 28.6 Å². The van der Waals surface area contributed by atoms with E-state index in [1.807, 2.05) is 18.7 Å². The molecule has 0 atom stereocenters. The summed E-state index contributed by atoms with van der Waals surface area (Å²) in [4.78, 5) is 12.6. The van der Waals surface area contributed by atoms with Crippen LogP contribution < -0.4 is 0 Å². The van der Waals surface area contributed by atoms with Gasteiger partial charge in [0.1, 0.15) is 0 Å². The van der Waals surface area contributed by atoms with Crippen LogP contribution in [0, 0.1) is 0 Å². The molecule has 0 amide bonds. The monoisotopic (exact) mass is 275 g/mol. The number of benzene rings is 1. The molecule has 0 spiro atoms. The third-order valence-electron chi connectivity index (χ3n) is 2.45. The van der Waals surface area contributed by atoms with Crippen molar-refractivity contribution in [3.8, 4) is 0 Å². The molecule has 0 saturated carbocycles. The first-order valence-electron chi connectivity index (χ1n) is 5.30. The van der Waals surface area contributed by atoms with Crippen molar-refractivity contribution < 1.29 is 9.90 Å². The van der Waals surface area contributed by atoms with Gasteiger partial charge < -0.3 is 5.11 Å². The number of carbonyl (C=O) groups is 1. The maximum absolute atomic E-state index is 10.8. The average molecular weight is 276 g/mol. The molecule has 0 unspecified atom stereocenters. The van der Waals surface area contributed by atoms with Crippen molar-refractivity contribution in [2.75, 3.05) is 6.54 Å². The molecule has 0 heterocycles. The van der Waals surface area contributed by atoms with Crippen LogP contribution in [0.2, 0.25) is 10.0 Å². The van der Waals surface area contributed by atoms with Crippen molar-refractivity contribution >= 4 is 29.2 Å². The minimum Gasteiger partial charge on any atom is -0.480 e. The Labute approximate surface area is 111 Å². The first-order chi connectivity index (χ1) is 7.90. The highest BCUT2D eigenvalue weighted by Crippen LogP contribution is 2.22. The highest BCUT2D eigenvalue weighted by Gasteiger charge is 2.15. The summed E-state index contributed by atoms with van der Waals surface area (Å²) in [6.45, 7) is 4.35. The van der Waals surface area contributed by atoms with Gasteiger partial charge in [-0.3, -0.25) is 9.69 Å². The number of aliphatic carboxylic acids is 1. The van der Waals surface area contributed by atoms with Gasteiger partial charge in [0.2, 0.25) is 0 Å². The topological polar surface area (TPSA) is 40.5 Å². The lowest BCUT2D eigenvalue weighted by Crippen LogP contribution is -2.35. The molecule has 0 aromatic heterocycles. The second-order valence-corrected chi connectivity index (χ2v) is 4.97. The van der Waals surface area contributed by atoms with Crippen molar-refractivity contribution in [3.63, 3.8) is 0 Å². The Bertz CT molecular complexity index is 407. The van der Waals surface area contributed by atoms with E-state index < -0.39 is 5.97 Å². The quantitative estimate of drug-likeness (QED) is 0.897. The SMILES string of the molecule is CC(C)N(CC(=O)O)Cc1cc(Cl)ccc1Cl. The predicted molar refractivity (Wildman–Crippen MR) is 69.6 cm³/mol. The first kappa shape index (κ1) is 14.3. The summed E-state index contributed by atoms with van der Waals surface area (Å²) < 4.78 is 0. The molecule has 0 aliphatic heterocycles. The molecule has 0 bridgehead atoms. The normalized spacial score (nSPS) is 11.2. The van der Waals surface area contributed by atoms with Gasteiger partial charge in [-0.05, 0) is 37.6 Å². The van der Waals surface area contributed by atoms with Crippen LogP contribution in [0.3, 0.4) is 0 Å². The van der Waals surface area contributed by atoms with Crippen molar-refractivity contribution in [1.82, 2.24) is 4.90 Å². The minimum atomic E-state index is -0.850. The molecule has 0 saturated heterocycles. The Morgan fingerprint density at radius 1 is 1.41 bits per heavy atom. The fraction of sp³-hybridized carbons (Fsp3) is 0.417. The number of hydrogen-bond donors (Lipinski definition) is 1. The van der Waals surface area contributed by atoms with Crippen LogP contribution in [0.5, 0.6) is 0 Å². The zero-order chi connectivity index (χ0) is 13.0. The van der Waals surface area contributed by atoms with E-state index in [4.69, 9.17) is 28.3 Å². The van der Waals surface area contributed by atoms with Crippen molar-refractivity contribution in [2.24, 2.45) is 0 Å². The summed E-state index contributed by atoms with van der Waals surface area (Å²) in [5.41, 5.74) is 0.842. The van der Waals surface area contributed by atoms with Crippen LogP contribution in [0.4, 0.5) is 0 Å². The van der Waals surface area contributed by atoms with E-state index in [1.165, 1.54) is 0 Å². The maximum atomic E-state index is 10.8. The molecule has 0 radical (unpaired) electrons. The van der Waals surface area contributed by atoms with Crippen molar-refractivity contribution in [2.45, 2.75) is 26.4 Å². The summed E-state index contributed by atoms with van der Waals surface area (Å²) in [6.07, 6.45) is 0. The number of nitrogens with zero attached hydrogens (tertiary/aromatic N) is 1. The van der Waals surface area contributed by atoms with Gasteiger partial charge >= 0.3 is 5.97 Å². The lowest BCUT2D eigenvalue weighted by Gasteiger charge is -2.25. The summed E-state index contributed by atoms with van der Waals surface area (Å²) in [7, 11) is 0. The fourth-order valence-corrected chi connectivity index (χ4v) is 1.85. The fourth-order valence-electron chi connectivity index (χ4n) is 1.48. The van der Waals surface area contributed by atoms with Crippen LogP contribution >= 0.6 is 23.2 Å². The van der Waals surface area contributed by atoms with Gasteiger partial charge in [-0.2, -0.15) is 0 Å². The van der Waals surface area contributed by atoms with Gasteiger partial charge in [0, 0.05) is 22.6 Å². The maximum Gasteiger partial charge on any atom is 0.317 e. The van der Waals surface area contributed by atoms with E-state index in [2.05, 4.69) is 0 Å². The average Bonchev–Trinajstić information content (AvgIpc) is 2.21. The standard InChI is InChI=1S/C12H15Cl2NO2/c1-8(2)15(7-12(16)17)6-9-5-10(13)3-4-11(9)14/h3-5,8H,6-7H2,1-2H3,(H,16,17). The molecule has 17 heavy (non-hydrogen) atoms. The van der Waals surface area contributed by atoms with E-state index in [0.29, 0.717) is 16.6 Å². The lowest BCUT2D eigenvalue weighted by molar-refractivity contribution is -0.138. The van der Waals surface area contributed by atoms with E-state index in [-0.39, 0.29) is 12.6 Å². The molecule has 5 heteroatoms. The Morgan fingerprint density at radius 2 is 2.06 bits per heavy atom. The molecule has 1 aromatic rings. The molecule has 0 aliphatic carbocycles. The second kappa shape index (κ2) is 6.24. The van der Waals surface area contributed by atoms with Crippen LogP contribution in [0.15, 0.2) is 18.2 Å². The first-order valence-corrected chi connectivity index (χ1v) is 6.05. The molecule has 1 rings (SSSR count). The van der Waals surface area contributed by atoms with Gasteiger partial charge in [-0.15, -0.1) is 0 Å². The van der Waals surface area contributed by atoms with Crippen molar-refractivity contribution in [3.05, 3.63) is 33.8 Å². The van der Waals surface area contributed by atoms with Gasteiger partial charge in [0.05, 0.1) is 6.54 Å². The van der Waals surface area contributed by atoms with Gasteiger partial charge in [0.25, 0.3) is 0 Å². The third-order valence-corrected chi connectivity index (χ3v) is 3.05. The van der Waals surface area contributed by atoms with Gasteiger partial charge in [-0.1, -0.05) is 23.2 Å². The van der Waals surface area contributed by atoms with Gasteiger partial charge in [-0.25, -0.2) is 0 Å². The number of carboxylic acid groups (broad SMARTS) is 1. The Hall–Kier alpha value is -0.770. The van der Waals surface area contributed by atoms with E-state index in [1.54, 1.807) is 18.2 Å². The van der Waals surface area contributed by atoms with Crippen LogP contribution in [0.25, 0.3) is 0 Å². The van der Waals surface area contributed by atoms with E-state index >= 15 is 0 Å². The molecule has 3 nitrogen and oxygen atoms in total. The summed E-state index contributed by atoms with van der Waals surface area (Å²) >= 11 is 11.9. The van der Waals surface area contributed by atoms with Crippen LogP contribution in [-0.2, 0) is 11.3 Å². The highest BCUT2D eigenvalue weighted by atomic mass is 35.5. The minimum absolute atomic E-state index is 0.0134. The van der Waals surface area contributed by atoms with Crippen molar-refractivity contribution in [1.29, 1.82) is 0 Å².